The minimum absolute atomic E-state index is 0.0817. The fourth-order valence-corrected chi connectivity index (χ4v) is 3.59. The Morgan fingerprint density at radius 1 is 0.743 bits per heavy atom. The summed E-state index contributed by atoms with van der Waals surface area (Å²) in [6.07, 6.45) is -9.84. The van der Waals surface area contributed by atoms with E-state index in [2.05, 4.69) is 5.32 Å². The summed E-state index contributed by atoms with van der Waals surface area (Å²) in [5.74, 6) is 0. The average Bonchev–Trinajstić information content (AvgIpc) is 2.79. The van der Waals surface area contributed by atoms with Gasteiger partial charge in [0.2, 0.25) is 0 Å². The summed E-state index contributed by atoms with van der Waals surface area (Å²) < 4.78 is 78.5. The van der Waals surface area contributed by atoms with Crippen LogP contribution in [0.3, 0.4) is 0 Å². The zero-order valence-corrected chi connectivity index (χ0v) is 19.0. The van der Waals surface area contributed by atoms with Crippen LogP contribution in [0.4, 0.5) is 26.3 Å². The summed E-state index contributed by atoms with van der Waals surface area (Å²) in [4.78, 5) is 0. The fraction of sp³-hybridized carbons (Fsp3) is 0.308. The van der Waals surface area contributed by atoms with Gasteiger partial charge in [-0.15, -0.1) is 0 Å². The topological polar surface area (TPSA) is 35.5 Å². The molecule has 1 atom stereocenters. The van der Waals surface area contributed by atoms with E-state index in [1.165, 1.54) is 5.06 Å². The van der Waals surface area contributed by atoms with E-state index in [4.69, 9.17) is 0 Å². The van der Waals surface area contributed by atoms with Crippen LogP contribution in [-0.4, -0.2) is 22.9 Å². The van der Waals surface area contributed by atoms with Gasteiger partial charge in [0.1, 0.15) is 0 Å². The van der Waals surface area contributed by atoms with Crippen molar-refractivity contribution in [2.45, 2.75) is 44.8 Å². The predicted molar refractivity (Wildman–Crippen MR) is 121 cm³/mol. The van der Waals surface area contributed by atoms with Crippen LogP contribution >= 0.6 is 0 Å². The molecule has 3 aromatic carbocycles. The second-order valence-corrected chi connectivity index (χ2v) is 8.47. The van der Waals surface area contributed by atoms with Crippen molar-refractivity contribution in [1.82, 2.24) is 10.4 Å². The number of rotatable bonds is 9. The zero-order valence-electron chi connectivity index (χ0n) is 19.0. The van der Waals surface area contributed by atoms with E-state index in [0.717, 1.165) is 23.3 Å². The summed E-state index contributed by atoms with van der Waals surface area (Å²) in [7, 11) is 0. The van der Waals surface area contributed by atoms with Crippen molar-refractivity contribution in [2.75, 3.05) is 6.54 Å². The highest BCUT2D eigenvalue weighted by Crippen LogP contribution is 2.36. The molecule has 3 rings (SSSR count). The van der Waals surface area contributed by atoms with Gasteiger partial charge in [-0.25, -0.2) is 0 Å². The smallest absolute Gasteiger partial charge is 0.313 e. The highest BCUT2D eigenvalue weighted by atomic mass is 19.4. The molecule has 0 amide bonds. The first-order valence-electron chi connectivity index (χ1n) is 11.0. The Morgan fingerprint density at radius 2 is 1.29 bits per heavy atom. The summed E-state index contributed by atoms with van der Waals surface area (Å²) in [5.41, 5.74) is -0.298. The first kappa shape index (κ1) is 26.7. The largest absolute Gasteiger partial charge is 0.416 e. The first-order valence-corrected chi connectivity index (χ1v) is 11.0. The van der Waals surface area contributed by atoms with Crippen molar-refractivity contribution >= 4 is 0 Å². The van der Waals surface area contributed by atoms with Crippen LogP contribution in [-0.2, 0) is 31.9 Å². The normalized spacial score (nSPS) is 13.3. The van der Waals surface area contributed by atoms with E-state index < -0.39 is 23.5 Å². The molecule has 1 unspecified atom stereocenters. The second-order valence-electron chi connectivity index (χ2n) is 8.47. The molecule has 9 heteroatoms. The van der Waals surface area contributed by atoms with Gasteiger partial charge >= 0.3 is 12.4 Å². The lowest BCUT2D eigenvalue weighted by atomic mass is 9.98. The van der Waals surface area contributed by atoms with E-state index in [-0.39, 0.29) is 30.6 Å². The molecule has 3 aromatic rings. The molecule has 0 saturated carbocycles. The Labute approximate surface area is 200 Å². The first-order chi connectivity index (χ1) is 16.4. The molecule has 0 bridgehead atoms. The molecule has 0 aliphatic heterocycles. The van der Waals surface area contributed by atoms with Gasteiger partial charge in [-0.2, -0.15) is 31.4 Å². The Hall–Kier alpha value is -2.88. The van der Waals surface area contributed by atoms with Gasteiger partial charge in [0.15, 0.2) is 0 Å². The minimum Gasteiger partial charge on any atom is -0.313 e. The summed E-state index contributed by atoms with van der Waals surface area (Å²) >= 11 is 0. The summed E-state index contributed by atoms with van der Waals surface area (Å²) in [5, 5.41) is 14.8. The van der Waals surface area contributed by atoms with E-state index in [9.17, 15) is 31.5 Å². The molecule has 188 valence electrons. The maximum Gasteiger partial charge on any atom is 0.416 e. The molecule has 0 heterocycles. The number of hydrogen-bond donors (Lipinski definition) is 2. The number of hydrogen-bond acceptors (Lipinski definition) is 3. The lowest BCUT2D eigenvalue weighted by molar-refractivity contribution is -0.143. The van der Waals surface area contributed by atoms with Crippen LogP contribution in [0.1, 0.15) is 40.3 Å². The van der Waals surface area contributed by atoms with Crippen LogP contribution in [0.15, 0.2) is 72.8 Å². The number of benzene rings is 3. The molecule has 2 N–H and O–H groups in total. The molecular formula is C26H26F6N2O. The van der Waals surface area contributed by atoms with Gasteiger partial charge in [0, 0.05) is 25.7 Å². The Morgan fingerprint density at radius 3 is 1.83 bits per heavy atom. The van der Waals surface area contributed by atoms with Crippen molar-refractivity contribution in [2.24, 2.45) is 0 Å². The molecule has 0 aliphatic carbocycles. The van der Waals surface area contributed by atoms with E-state index in [0.29, 0.717) is 18.7 Å². The molecule has 3 nitrogen and oxygen atoms in total. The maximum atomic E-state index is 13.1. The lowest BCUT2D eigenvalue weighted by Gasteiger charge is -2.23. The van der Waals surface area contributed by atoms with Gasteiger partial charge in [-0.1, -0.05) is 54.6 Å². The molecule has 35 heavy (non-hydrogen) atoms. The summed E-state index contributed by atoms with van der Waals surface area (Å²) in [6.45, 7) is 3.29. The molecule has 0 fully saturated rings. The van der Waals surface area contributed by atoms with Crippen LogP contribution < -0.4 is 5.32 Å². The highest BCUT2D eigenvalue weighted by molar-refractivity contribution is 5.37. The average molecular weight is 496 g/mol. The standard InChI is InChI=1S/C26H26F6N2O/c1-18(15-33-16-20-5-3-2-4-6-20)34(35)17-21-9-7-19(8-10-21)11-22-12-23(25(27,28)29)14-24(13-22)26(30,31)32/h2-10,12-14,18,33,35H,11,15-17H2,1H3. The highest BCUT2D eigenvalue weighted by Gasteiger charge is 2.36. The second kappa shape index (κ2) is 11.2. The van der Waals surface area contributed by atoms with Crippen LogP contribution in [0.5, 0.6) is 0 Å². The van der Waals surface area contributed by atoms with Crippen molar-refractivity contribution in [3.05, 3.63) is 106 Å². The fourth-order valence-electron chi connectivity index (χ4n) is 3.59. The molecule has 0 aromatic heterocycles. The van der Waals surface area contributed by atoms with E-state index in [1.54, 1.807) is 24.3 Å². The number of nitrogens with one attached hydrogen (secondary N) is 1. The Kier molecular flexibility index (Phi) is 8.58. The summed E-state index contributed by atoms with van der Waals surface area (Å²) in [6, 6.07) is 17.9. The Balaban J connectivity index is 1.59. The molecular weight excluding hydrogens is 470 g/mol. The number of alkyl halides is 6. The van der Waals surface area contributed by atoms with Crippen molar-refractivity contribution in [3.8, 4) is 0 Å². The van der Waals surface area contributed by atoms with Crippen LogP contribution in [0.25, 0.3) is 0 Å². The van der Waals surface area contributed by atoms with E-state index in [1.807, 2.05) is 37.3 Å². The van der Waals surface area contributed by atoms with Gasteiger partial charge < -0.3 is 10.5 Å². The molecule has 0 aliphatic rings. The lowest BCUT2D eigenvalue weighted by Crippen LogP contribution is -2.37. The zero-order chi connectivity index (χ0) is 25.6. The molecule has 0 saturated heterocycles. The maximum absolute atomic E-state index is 13.1. The number of nitrogens with zero attached hydrogens (tertiary/aromatic N) is 1. The van der Waals surface area contributed by atoms with Crippen molar-refractivity contribution in [3.63, 3.8) is 0 Å². The monoisotopic (exact) mass is 496 g/mol. The molecule has 0 radical (unpaired) electrons. The van der Waals surface area contributed by atoms with Crippen molar-refractivity contribution < 1.29 is 31.5 Å². The van der Waals surface area contributed by atoms with Crippen LogP contribution in [0, 0.1) is 0 Å². The Bertz CT molecular complexity index is 1050. The molecule has 0 spiro atoms. The van der Waals surface area contributed by atoms with Gasteiger partial charge in [-0.05, 0) is 53.8 Å². The predicted octanol–water partition coefficient (Wildman–Crippen LogP) is 6.68. The van der Waals surface area contributed by atoms with Crippen LogP contribution in [0.2, 0.25) is 0 Å². The van der Waals surface area contributed by atoms with E-state index >= 15 is 0 Å². The minimum atomic E-state index is -4.88. The third-order valence-corrected chi connectivity index (χ3v) is 5.54. The van der Waals surface area contributed by atoms with Crippen molar-refractivity contribution in [1.29, 1.82) is 0 Å². The van der Waals surface area contributed by atoms with Gasteiger partial charge in [-0.3, -0.25) is 0 Å². The number of halogens is 6. The number of hydroxylamine groups is 2. The SMILES string of the molecule is CC(CNCc1ccccc1)N(O)Cc1ccc(Cc2cc(C(F)(F)F)cc(C(F)(F)F)c2)cc1. The third kappa shape index (κ3) is 8.09. The quantitative estimate of drug-likeness (QED) is 0.256. The third-order valence-electron chi connectivity index (χ3n) is 5.54. The van der Waals surface area contributed by atoms with Gasteiger partial charge in [0.25, 0.3) is 0 Å². The van der Waals surface area contributed by atoms with Gasteiger partial charge in [0.05, 0.1) is 11.1 Å².